The minimum atomic E-state index is -4.72. The molecule has 0 fully saturated rings. The number of aliphatic hydroxyl groups is 1. The average molecular weight is 322 g/mol. The first kappa shape index (κ1) is 18.4. The van der Waals surface area contributed by atoms with Gasteiger partial charge >= 0.3 is 6.18 Å². The summed E-state index contributed by atoms with van der Waals surface area (Å²) in [5.74, 6) is -0.892. The van der Waals surface area contributed by atoms with Crippen molar-refractivity contribution in [3.63, 3.8) is 0 Å². The van der Waals surface area contributed by atoms with Gasteiger partial charge in [0.15, 0.2) is 6.10 Å². The van der Waals surface area contributed by atoms with Crippen LogP contribution in [0.1, 0.15) is 18.5 Å². The molecule has 124 valence electrons. The highest BCUT2D eigenvalue weighted by Gasteiger charge is 2.38. The average Bonchev–Trinajstić information content (AvgIpc) is 2.37. The number of rotatable bonds is 6. The van der Waals surface area contributed by atoms with Gasteiger partial charge in [0.25, 0.3) is 0 Å². The second-order valence-electron chi connectivity index (χ2n) is 5.09. The molecule has 0 saturated heterocycles. The summed E-state index contributed by atoms with van der Waals surface area (Å²) in [6.07, 6.45) is -7.22. The lowest BCUT2D eigenvalue weighted by Gasteiger charge is -2.22. The molecule has 1 aromatic rings. The Bertz CT molecular complexity index is 491. The topological polar surface area (TPSA) is 52.6 Å². The molecule has 0 aromatic heterocycles. The van der Waals surface area contributed by atoms with Gasteiger partial charge in [0.2, 0.25) is 5.91 Å². The second-order valence-corrected chi connectivity index (χ2v) is 5.09. The Hall–Kier alpha value is -1.67. The highest BCUT2D eigenvalue weighted by Crippen LogP contribution is 2.20. The third-order valence-corrected chi connectivity index (χ3v) is 3.02. The summed E-state index contributed by atoms with van der Waals surface area (Å²) < 4.78 is 49.4. The normalized spacial score (nSPS) is 14.7. The number of hydrogen-bond acceptors (Lipinski definition) is 3. The quantitative estimate of drug-likeness (QED) is 0.786. The van der Waals surface area contributed by atoms with Crippen LogP contribution in [-0.2, 0) is 4.79 Å². The van der Waals surface area contributed by atoms with Gasteiger partial charge in [0.1, 0.15) is 5.82 Å². The van der Waals surface area contributed by atoms with Gasteiger partial charge < -0.3 is 10.4 Å². The molecule has 2 unspecified atom stereocenters. The molecule has 1 amide bonds. The van der Waals surface area contributed by atoms with E-state index in [1.165, 1.54) is 31.3 Å². The molecule has 0 spiro atoms. The zero-order chi connectivity index (χ0) is 16.9. The molecule has 0 aliphatic carbocycles. The molecule has 2 N–H and O–H groups in total. The summed E-state index contributed by atoms with van der Waals surface area (Å²) >= 11 is 0. The van der Waals surface area contributed by atoms with Crippen molar-refractivity contribution in [3.05, 3.63) is 35.6 Å². The molecule has 0 heterocycles. The molecule has 0 aliphatic rings. The van der Waals surface area contributed by atoms with Crippen molar-refractivity contribution < 1.29 is 27.5 Å². The third-order valence-electron chi connectivity index (χ3n) is 3.02. The maximum Gasteiger partial charge on any atom is 0.415 e. The Morgan fingerprint density at radius 2 is 1.86 bits per heavy atom. The first-order chi connectivity index (χ1) is 10.1. The van der Waals surface area contributed by atoms with E-state index in [1.54, 1.807) is 6.92 Å². The second kappa shape index (κ2) is 7.55. The molecule has 2 atom stereocenters. The Morgan fingerprint density at radius 3 is 2.36 bits per heavy atom. The van der Waals surface area contributed by atoms with E-state index < -0.39 is 36.6 Å². The number of aliphatic hydroxyl groups excluding tert-OH is 1. The van der Waals surface area contributed by atoms with Crippen molar-refractivity contribution in [2.75, 3.05) is 20.1 Å². The summed E-state index contributed by atoms with van der Waals surface area (Å²) in [6, 6.07) is 5.12. The lowest BCUT2D eigenvalue weighted by Crippen LogP contribution is -2.43. The molecule has 22 heavy (non-hydrogen) atoms. The zero-order valence-corrected chi connectivity index (χ0v) is 12.2. The van der Waals surface area contributed by atoms with E-state index in [-0.39, 0.29) is 6.54 Å². The van der Waals surface area contributed by atoms with Gasteiger partial charge in [0.05, 0.1) is 12.6 Å². The van der Waals surface area contributed by atoms with Gasteiger partial charge in [0, 0.05) is 6.54 Å². The van der Waals surface area contributed by atoms with Crippen LogP contribution >= 0.6 is 0 Å². The number of alkyl halides is 3. The molecule has 0 aliphatic heterocycles. The molecule has 1 rings (SSSR count). The number of nitrogens with one attached hydrogen (secondary N) is 1. The standard InChI is InChI=1S/C14H18F4N2O2/c1-9(10-3-5-11(15)6-4-10)19-13(22)8-20(2)7-12(21)14(16,17)18/h3-6,9,12,21H,7-8H2,1-2H3,(H,19,22). The summed E-state index contributed by atoms with van der Waals surface area (Å²) in [5.41, 5.74) is 0.674. The number of amides is 1. The zero-order valence-electron chi connectivity index (χ0n) is 12.2. The van der Waals surface area contributed by atoms with Crippen LogP contribution in [0, 0.1) is 5.82 Å². The van der Waals surface area contributed by atoms with Crippen LogP contribution in [0.5, 0.6) is 0 Å². The summed E-state index contributed by atoms with van der Waals surface area (Å²) in [6.45, 7) is 0.691. The van der Waals surface area contributed by atoms with E-state index in [9.17, 15) is 22.4 Å². The first-order valence-electron chi connectivity index (χ1n) is 6.57. The SMILES string of the molecule is CC(NC(=O)CN(C)CC(O)C(F)(F)F)c1ccc(F)cc1. The Kier molecular flexibility index (Phi) is 6.31. The highest BCUT2D eigenvalue weighted by molar-refractivity contribution is 5.78. The van der Waals surface area contributed by atoms with Crippen LogP contribution in [0.25, 0.3) is 0 Å². The molecule has 0 radical (unpaired) electrons. The van der Waals surface area contributed by atoms with Crippen LogP contribution < -0.4 is 5.32 Å². The van der Waals surface area contributed by atoms with E-state index in [0.29, 0.717) is 5.56 Å². The van der Waals surface area contributed by atoms with E-state index in [2.05, 4.69) is 5.32 Å². The largest absolute Gasteiger partial charge is 0.415 e. The fourth-order valence-corrected chi connectivity index (χ4v) is 1.83. The van der Waals surface area contributed by atoms with Gasteiger partial charge in [-0.2, -0.15) is 13.2 Å². The predicted octanol–water partition coefficient (Wildman–Crippen LogP) is 1.86. The first-order valence-corrected chi connectivity index (χ1v) is 6.57. The lowest BCUT2D eigenvalue weighted by molar-refractivity contribution is -0.207. The summed E-state index contributed by atoms with van der Waals surface area (Å²) in [4.78, 5) is 12.8. The monoisotopic (exact) mass is 322 g/mol. The van der Waals surface area contributed by atoms with Crippen molar-refractivity contribution in [3.8, 4) is 0 Å². The minimum absolute atomic E-state index is 0.293. The van der Waals surface area contributed by atoms with Crippen LogP contribution in [0.4, 0.5) is 17.6 Å². The number of nitrogens with zero attached hydrogens (tertiary/aromatic N) is 1. The van der Waals surface area contributed by atoms with Gasteiger partial charge in [-0.25, -0.2) is 4.39 Å². The van der Waals surface area contributed by atoms with Gasteiger partial charge in [-0.1, -0.05) is 12.1 Å². The molecular weight excluding hydrogens is 304 g/mol. The minimum Gasteiger partial charge on any atom is -0.382 e. The fraction of sp³-hybridized carbons (Fsp3) is 0.500. The van der Waals surface area contributed by atoms with Gasteiger partial charge in [-0.15, -0.1) is 0 Å². The van der Waals surface area contributed by atoms with E-state index >= 15 is 0 Å². The van der Waals surface area contributed by atoms with E-state index in [4.69, 9.17) is 5.11 Å². The van der Waals surface area contributed by atoms with Crippen molar-refractivity contribution in [1.29, 1.82) is 0 Å². The lowest BCUT2D eigenvalue weighted by atomic mass is 10.1. The number of benzene rings is 1. The Morgan fingerprint density at radius 1 is 1.32 bits per heavy atom. The fourth-order valence-electron chi connectivity index (χ4n) is 1.83. The van der Waals surface area contributed by atoms with Crippen LogP contribution in [0.2, 0.25) is 0 Å². The summed E-state index contributed by atoms with van der Waals surface area (Å²) in [7, 11) is 1.30. The number of halogens is 4. The number of carbonyl (C=O) groups excluding carboxylic acids is 1. The van der Waals surface area contributed by atoms with Crippen molar-refractivity contribution in [2.24, 2.45) is 0 Å². The highest BCUT2D eigenvalue weighted by atomic mass is 19.4. The smallest absolute Gasteiger partial charge is 0.382 e. The van der Waals surface area contributed by atoms with Crippen molar-refractivity contribution >= 4 is 5.91 Å². The Labute approximate surface area is 125 Å². The Balaban J connectivity index is 2.47. The molecular formula is C14H18F4N2O2. The maximum atomic E-state index is 12.8. The molecule has 4 nitrogen and oxygen atoms in total. The van der Waals surface area contributed by atoms with E-state index in [1.807, 2.05) is 0 Å². The van der Waals surface area contributed by atoms with Crippen molar-refractivity contribution in [2.45, 2.75) is 25.2 Å². The maximum absolute atomic E-state index is 12.8. The van der Waals surface area contributed by atoms with E-state index in [0.717, 1.165) is 4.90 Å². The molecule has 0 bridgehead atoms. The van der Waals surface area contributed by atoms with Crippen LogP contribution in [-0.4, -0.2) is 48.3 Å². The van der Waals surface area contributed by atoms with Gasteiger partial charge in [-0.05, 0) is 31.7 Å². The van der Waals surface area contributed by atoms with Gasteiger partial charge in [-0.3, -0.25) is 9.69 Å². The predicted molar refractivity (Wildman–Crippen MR) is 72.5 cm³/mol. The number of hydrogen-bond donors (Lipinski definition) is 2. The summed E-state index contributed by atoms with van der Waals surface area (Å²) in [5, 5.41) is 11.5. The van der Waals surface area contributed by atoms with Crippen LogP contribution in [0.3, 0.4) is 0 Å². The number of carbonyl (C=O) groups is 1. The van der Waals surface area contributed by atoms with Crippen LogP contribution in [0.15, 0.2) is 24.3 Å². The molecule has 8 heteroatoms. The third kappa shape index (κ3) is 5.98. The number of likely N-dealkylation sites (N-methyl/N-ethyl adjacent to an activating group) is 1. The molecule has 1 aromatic carbocycles. The molecule has 0 saturated carbocycles. The van der Waals surface area contributed by atoms with Crippen molar-refractivity contribution in [1.82, 2.24) is 10.2 Å².